The van der Waals surface area contributed by atoms with Gasteiger partial charge in [0, 0.05) is 34.4 Å². The lowest BCUT2D eigenvalue weighted by molar-refractivity contribution is -0.138. The summed E-state index contributed by atoms with van der Waals surface area (Å²) in [4.78, 5) is 19.0. The predicted molar refractivity (Wildman–Crippen MR) is 60.6 cm³/mol. The molecule has 0 spiro atoms. The summed E-state index contributed by atoms with van der Waals surface area (Å²) in [6.45, 7) is 2.11. The second kappa shape index (κ2) is 6.86. The first-order valence-corrected chi connectivity index (χ1v) is 4.73. The fraction of sp³-hybridized carbons (Fsp3) is 0.600. The van der Waals surface area contributed by atoms with Crippen molar-refractivity contribution in [1.29, 1.82) is 0 Å². The summed E-state index contributed by atoms with van der Waals surface area (Å²) >= 11 is 0. The largest absolute Gasteiger partial charge is 0.461 e. The van der Waals surface area contributed by atoms with Crippen LogP contribution in [0.25, 0.3) is 0 Å². The molecule has 5 heteroatoms. The molecule has 0 aliphatic rings. The summed E-state index contributed by atoms with van der Waals surface area (Å²) in [5.41, 5.74) is 0.288. The molecule has 0 unspecified atom stereocenters. The lowest BCUT2D eigenvalue weighted by atomic mass is 10.4. The van der Waals surface area contributed by atoms with Crippen molar-refractivity contribution in [3.05, 3.63) is 11.9 Å². The third kappa shape index (κ3) is 6.54. The monoisotopic (exact) mass is 213 g/mol. The first-order chi connectivity index (χ1) is 6.97. The zero-order valence-electron chi connectivity index (χ0n) is 10.0. The summed E-state index contributed by atoms with van der Waals surface area (Å²) in [5.74, 6) is -0.413. The summed E-state index contributed by atoms with van der Waals surface area (Å²) in [6.07, 6.45) is 3.18. The van der Waals surface area contributed by atoms with Gasteiger partial charge in [-0.15, -0.1) is 0 Å². The number of esters is 1. The van der Waals surface area contributed by atoms with Crippen molar-refractivity contribution < 1.29 is 9.53 Å². The maximum absolute atomic E-state index is 11.4. The van der Waals surface area contributed by atoms with E-state index in [0.29, 0.717) is 6.61 Å². The molecule has 0 saturated carbocycles. The van der Waals surface area contributed by atoms with Crippen LogP contribution in [-0.2, 0) is 9.53 Å². The molecule has 0 atom stereocenters. The normalized spacial score (nSPS) is 11.7. The third-order valence-electron chi connectivity index (χ3n) is 1.29. The summed E-state index contributed by atoms with van der Waals surface area (Å²) in [5, 5.41) is 0. The van der Waals surface area contributed by atoms with Gasteiger partial charge in [-0.2, -0.15) is 0 Å². The number of ether oxygens (including phenoxy) is 1. The van der Waals surface area contributed by atoms with Crippen molar-refractivity contribution in [2.75, 3.05) is 34.8 Å². The van der Waals surface area contributed by atoms with Crippen molar-refractivity contribution >= 4 is 12.3 Å². The molecule has 0 aromatic carbocycles. The van der Waals surface area contributed by atoms with Crippen molar-refractivity contribution in [2.45, 2.75) is 6.92 Å². The van der Waals surface area contributed by atoms with E-state index in [9.17, 15) is 4.79 Å². The fourth-order valence-corrected chi connectivity index (χ4v) is 0.766. The topological polar surface area (TPSA) is 45.1 Å². The van der Waals surface area contributed by atoms with Gasteiger partial charge in [-0.25, -0.2) is 9.79 Å². The average molecular weight is 213 g/mol. The predicted octanol–water partition coefficient (Wildman–Crippen LogP) is 0.542. The minimum atomic E-state index is -0.413. The molecule has 0 fully saturated rings. The Kier molecular flexibility index (Phi) is 6.17. The van der Waals surface area contributed by atoms with E-state index < -0.39 is 5.97 Å². The van der Waals surface area contributed by atoms with Gasteiger partial charge in [0.25, 0.3) is 0 Å². The van der Waals surface area contributed by atoms with E-state index in [1.165, 1.54) is 0 Å². The smallest absolute Gasteiger partial charge is 0.358 e. The molecule has 0 amide bonds. The van der Waals surface area contributed by atoms with Gasteiger partial charge in [0.1, 0.15) is 0 Å². The van der Waals surface area contributed by atoms with Gasteiger partial charge >= 0.3 is 5.97 Å². The van der Waals surface area contributed by atoms with Gasteiger partial charge < -0.3 is 14.5 Å². The Labute approximate surface area is 91.0 Å². The Bertz CT molecular complexity index is 257. The second-order valence-corrected chi connectivity index (χ2v) is 3.41. The standard InChI is InChI=1S/C10H19N3O2/c1-6-15-10(14)9(7-12(2)3)11-8-13(4)5/h7-8H,6H2,1-5H3/b9-7+,11-8+. The maximum atomic E-state index is 11.4. The molecule has 5 nitrogen and oxygen atoms in total. The number of hydrogen-bond donors (Lipinski definition) is 0. The molecule has 0 N–H and O–H groups in total. The van der Waals surface area contributed by atoms with E-state index in [2.05, 4.69) is 4.99 Å². The van der Waals surface area contributed by atoms with Gasteiger partial charge in [-0.3, -0.25) is 0 Å². The number of rotatable bonds is 5. The van der Waals surface area contributed by atoms with E-state index >= 15 is 0 Å². The molecule has 0 saturated heterocycles. The van der Waals surface area contributed by atoms with E-state index in [4.69, 9.17) is 4.74 Å². The molecule has 0 aliphatic heterocycles. The van der Waals surface area contributed by atoms with Crippen LogP contribution in [0.4, 0.5) is 0 Å². The number of carbonyl (C=O) groups excluding carboxylic acids is 1. The highest BCUT2D eigenvalue weighted by Gasteiger charge is 2.08. The average Bonchev–Trinajstić information content (AvgIpc) is 2.11. The Hall–Kier alpha value is -1.52. The molecule has 86 valence electrons. The zero-order valence-corrected chi connectivity index (χ0v) is 10.0. The van der Waals surface area contributed by atoms with Gasteiger partial charge in [0.05, 0.1) is 12.9 Å². The van der Waals surface area contributed by atoms with Crippen LogP contribution in [0.3, 0.4) is 0 Å². The van der Waals surface area contributed by atoms with Crippen LogP contribution >= 0.6 is 0 Å². The van der Waals surface area contributed by atoms with Crippen LogP contribution in [0, 0.1) is 0 Å². The molecule has 0 radical (unpaired) electrons. The quantitative estimate of drug-likeness (QED) is 0.289. The summed E-state index contributed by atoms with van der Waals surface area (Å²) in [6, 6.07) is 0. The molecule has 0 heterocycles. The molecule has 15 heavy (non-hydrogen) atoms. The lowest BCUT2D eigenvalue weighted by Crippen LogP contribution is -2.14. The van der Waals surface area contributed by atoms with Crippen LogP contribution in [0.1, 0.15) is 6.92 Å². The van der Waals surface area contributed by atoms with E-state index in [1.807, 2.05) is 28.2 Å². The van der Waals surface area contributed by atoms with Crippen LogP contribution in [-0.4, -0.2) is 56.9 Å². The van der Waals surface area contributed by atoms with Crippen molar-refractivity contribution in [3.63, 3.8) is 0 Å². The van der Waals surface area contributed by atoms with Crippen molar-refractivity contribution in [3.8, 4) is 0 Å². The zero-order chi connectivity index (χ0) is 11.8. The number of aliphatic imine (C=N–C) groups is 1. The highest BCUT2D eigenvalue weighted by molar-refractivity contribution is 5.89. The maximum Gasteiger partial charge on any atom is 0.358 e. The van der Waals surface area contributed by atoms with Gasteiger partial charge in [0.15, 0.2) is 5.70 Å². The van der Waals surface area contributed by atoms with Crippen LogP contribution < -0.4 is 0 Å². The van der Waals surface area contributed by atoms with Crippen molar-refractivity contribution in [1.82, 2.24) is 9.80 Å². The Morgan fingerprint density at radius 3 is 2.27 bits per heavy atom. The molecule has 0 aromatic heterocycles. The second-order valence-electron chi connectivity index (χ2n) is 3.41. The molecular formula is C10H19N3O2. The van der Waals surface area contributed by atoms with E-state index in [0.717, 1.165) is 0 Å². The Morgan fingerprint density at radius 2 is 1.87 bits per heavy atom. The molecule has 0 aliphatic carbocycles. The van der Waals surface area contributed by atoms with Gasteiger partial charge in [-0.1, -0.05) is 0 Å². The Balaban J connectivity index is 4.66. The van der Waals surface area contributed by atoms with E-state index in [1.54, 1.807) is 29.3 Å². The first-order valence-electron chi connectivity index (χ1n) is 4.73. The van der Waals surface area contributed by atoms with Crippen LogP contribution in [0.5, 0.6) is 0 Å². The van der Waals surface area contributed by atoms with E-state index in [-0.39, 0.29) is 5.70 Å². The summed E-state index contributed by atoms with van der Waals surface area (Å²) in [7, 11) is 7.32. The fourth-order valence-electron chi connectivity index (χ4n) is 0.766. The molecule has 0 rings (SSSR count). The van der Waals surface area contributed by atoms with Crippen molar-refractivity contribution in [2.24, 2.45) is 4.99 Å². The first kappa shape index (κ1) is 13.5. The minimum absolute atomic E-state index is 0.288. The lowest BCUT2D eigenvalue weighted by Gasteiger charge is -2.09. The van der Waals surface area contributed by atoms with Gasteiger partial charge in [-0.05, 0) is 6.92 Å². The Morgan fingerprint density at radius 1 is 1.27 bits per heavy atom. The highest BCUT2D eigenvalue weighted by atomic mass is 16.5. The number of hydrogen-bond acceptors (Lipinski definition) is 4. The number of nitrogens with zero attached hydrogens (tertiary/aromatic N) is 3. The highest BCUT2D eigenvalue weighted by Crippen LogP contribution is 2.01. The van der Waals surface area contributed by atoms with Gasteiger partial charge in [0.2, 0.25) is 0 Å². The van der Waals surface area contributed by atoms with Crippen LogP contribution in [0.15, 0.2) is 16.9 Å². The molecular weight excluding hydrogens is 194 g/mol. The SMILES string of the molecule is CCOC(=O)C(=C\N(C)C)/N=C/N(C)C. The number of carbonyl (C=O) groups is 1. The molecule has 0 aromatic rings. The molecule has 0 bridgehead atoms. The van der Waals surface area contributed by atoms with Crippen LogP contribution in [0.2, 0.25) is 0 Å². The third-order valence-corrected chi connectivity index (χ3v) is 1.29. The summed E-state index contributed by atoms with van der Waals surface area (Å²) < 4.78 is 4.87. The minimum Gasteiger partial charge on any atom is -0.461 e.